The number of carbonyl (C=O) groups excluding carboxylic acids is 1. The monoisotopic (exact) mass is 352 g/mol. The van der Waals surface area contributed by atoms with Crippen molar-refractivity contribution in [2.45, 2.75) is 97.9 Å². The maximum atomic E-state index is 11.5. The van der Waals surface area contributed by atoms with Crippen molar-refractivity contribution in [2.24, 2.45) is 5.92 Å². The molecule has 1 aliphatic carbocycles. The molecule has 1 saturated heterocycles. The first kappa shape index (κ1) is 22.6. The molecule has 2 fully saturated rings. The fourth-order valence-corrected chi connectivity index (χ4v) is 4.32. The summed E-state index contributed by atoms with van der Waals surface area (Å²) < 4.78 is 0. The van der Waals surface area contributed by atoms with Crippen molar-refractivity contribution in [1.82, 2.24) is 9.80 Å². The van der Waals surface area contributed by atoms with E-state index in [4.69, 9.17) is 0 Å². The number of ketones is 1. The second kappa shape index (κ2) is 13.7. The summed E-state index contributed by atoms with van der Waals surface area (Å²) >= 11 is 0. The molecule has 25 heavy (non-hydrogen) atoms. The minimum absolute atomic E-state index is 0.361. The summed E-state index contributed by atoms with van der Waals surface area (Å²) in [5, 5.41) is 0. The van der Waals surface area contributed by atoms with Crippen LogP contribution in [0.2, 0.25) is 0 Å². The third kappa shape index (κ3) is 8.68. The number of hydrogen-bond acceptors (Lipinski definition) is 3. The van der Waals surface area contributed by atoms with E-state index in [1.807, 2.05) is 13.8 Å². The van der Waals surface area contributed by atoms with E-state index in [1.165, 1.54) is 84.1 Å². The van der Waals surface area contributed by atoms with E-state index >= 15 is 0 Å². The highest BCUT2D eigenvalue weighted by atomic mass is 16.1. The zero-order valence-electron chi connectivity index (χ0n) is 17.6. The Morgan fingerprint density at radius 2 is 1.40 bits per heavy atom. The second-order valence-corrected chi connectivity index (χ2v) is 7.76. The average Bonchev–Trinajstić information content (AvgIpc) is 2.67. The molecule has 0 aromatic carbocycles. The van der Waals surface area contributed by atoms with E-state index < -0.39 is 0 Å². The van der Waals surface area contributed by atoms with Crippen molar-refractivity contribution in [3.63, 3.8) is 0 Å². The second-order valence-electron chi connectivity index (χ2n) is 7.76. The normalized spacial score (nSPS) is 25.3. The van der Waals surface area contributed by atoms with Crippen LogP contribution in [0.3, 0.4) is 0 Å². The Bertz CT molecular complexity index is 329. The first-order chi connectivity index (χ1) is 12.2. The first-order valence-electron chi connectivity index (χ1n) is 11.2. The van der Waals surface area contributed by atoms with Crippen LogP contribution in [-0.4, -0.2) is 54.3 Å². The van der Waals surface area contributed by atoms with Gasteiger partial charge in [-0.1, -0.05) is 52.9 Å². The lowest BCUT2D eigenvalue weighted by Gasteiger charge is -2.41. The lowest BCUT2D eigenvalue weighted by Crippen LogP contribution is -2.51. The van der Waals surface area contributed by atoms with Crippen LogP contribution in [-0.2, 0) is 4.79 Å². The molecule has 2 rings (SSSR count). The number of nitrogens with zero attached hydrogens (tertiary/aromatic N) is 2. The van der Waals surface area contributed by atoms with Gasteiger partial charge in [0.1, 0.15) is 5.78 Å². The summed E-state index contributed by atoms with van der Waals surface area (Å²) in [6, 6.07) is 0.752. The lowest BCUT2D eigenvalue weighted by atomic mass is 9.83. The molecule has 1 aliphatic heterocycles. The summed E-state index contributed by atoms with van der Waals surface area (Å²) in [5.41, 5.74) is 0. The fraction of sp³-hybridized carbons (Fsp3) is 0.955. The highest BCUT2D eigenvalue weighted by molar-refractivity contribution is 5.78. The number of hydrogen-bond donors (Lipinski definition) is 0. The van der Waals surface area contributed by atoms with Gasteiger partial charge in [0.05, 0.1) is 0 Å². The molecular weight excluding hydrogens is 308 g/mol. The molecule has 0 atom stereocenters. The minimum atomic E-state index is 0.361. The van der Waals surface area contributed by atoms with E-state index in [1.54, 1.807) is 6.92 Å². The van der Waals surface area contributed by atoms with E-state index in [2.05, 4.69) is 16.7 Å². The van der Waals surface area contributed by atoms with Crippen LogP contribution >= 0.6 is 0 Å². The largest absolute Gasteiger partial charge is 0.301 e. The standard InChI is InChI=1S/C20H38N2O.C2H6/c1-3-4-5-6-7-8-13-21-14-16-22(17-15-21)20-11-9-19(10-12-20)18(2)23;1-2/h19-20H,3-17H2,1-2H3;1-2H3. The summed E-state index contributed by atoms with van der Waals surface area (Å²) in [7, 11) is 0. The maximum absolute atomic E-state index is 11.5. The quantitative estimate of drug-likeness (QED) is 0.537. The van der Waals surface area contributed by atoms with Gasteiger partial charge in [-0.3, -0.25) is 9.69 Å². The van der Waals surface area contributed by atoms with Gasteiger partial charge in [-0.2, -0.15) is 0 Å². The zero-order valence-corrected chi connectivity index (χ0v) is 17.6. The predicted molar refractivity (Wildman–Crippen MR) is 109 cm³/mol. The van der Waals surface area contributed by atoms with E-state index in [0.29, 0.717) is 11.7 Å². The Morgan fingerprint density at radius 1 is 0.840 bits per heavy atom. The van der Waals surface area contributed by atoms with E-state index in [0.717, 1.165) is 18.9 Å². The smallest absolute Gasteiger partial charge is 0.132 e. The van der Waals surface area contributed by atoms with Crippen LogP contribution in [0.1, 0.15) is 91.9 Å². The van der Waals surface area contributed by atoms with Gasteiger partial charge >= 0.3 is 0 Å². The zero-order chi connectivity index (χ0) is 18.5. The summed E-state index contributed by atoms with van der Waals surface area (Å²) in [6.07, 6.45) is 13.1. The van der Waals surface area contributed by atoms with Crippen molar-refractivity contribution in [3.05, 3.63) is 0 Å². The third-order valence-corrected chi connectivity index (χ3v) is 6.02. The molecule has 0 N–H and O–H groups in total. The maximum Gasteiger partial charge on any atom is 0.132 e. The Balaban J connectivity index is 0.00000151. The van der Waals surface area contributed by atoms with Crippen LogP contribution in [0.4, 0.5) is 0 Å². The first-order valence-corrected chi connectivity index (χ1v) is 11.2. The Kier molecular flexibility index (Phi) is 12.4. The fourth-order valence-electron chi connectivity index (χ4n) is 4.32. The summed E-state index contributed by atoms with van der Waals surface area (Å²) in [5.74, 6) is 0.771. The molecule has 2 aliphatic rings. The van der Waals surface area contributed by atoms with Crippen LogP contribution in [0.15, 0.2) is 0 Å². The SMILES string of the molecule is CC.CCCCCCCCN1CCN(C2CCC(C(C)=O)CC2)CC1. The molecule has 0 unspecified atom stereocenters. The van der Waals surface area contributed by atoms with Crippen LogP contribution < -0.4 is 0 Å². The molecule has 1 heterocycles. The van der Waals surface area contributed by atoms with Crippen molar-refractivity contribution in [2.75, 3.05) is 32.7 Å². The topological polar surface area (TPSA) is 23.6 Å². The van der Waals surface area contributed by atoms with Gasteiger partial charge in [0.15, 0.2) is 0 Å². The van der Waals surface area contributed by atoms with Gasteiger partial charge in [0, 0.05) is 38.1 Å². The Hall–Kier alpha value is -0.410. The number of carbonyl (C=O) groups is 1. The van der Waals surface area contributed by atoms with Gasteiger partial charge in [-0.15, -0.1) is 0 Å². The van der Waals surface area contributed by atoms with Crippen molar-refractivity contribution in [1.29, 1.82) is 0 Å². The number of unbranched alkanes of at least 4 members (excludes halogenated alkanes) is 5. The third-order valence-electron chi connectivity index (χ3n) is 6.02. The minimum Gasteiger partial charge on any atom is -0.301 e. The molecular formula is C22H44N2O. The number of piperazine rings is 1. The molecule has 0 radical (unpaired) electrons. The Labute approximate surface area is 157 Å². The number of Topliss-reactive ketones (excluding diaryl/α,β-unsaturated/α-hetero) is 1. The van der Waals surface area contributed by atoms with E-state index in [9.17, 15) is 4.79 Å². The molecule has 1 saturated carbocycles. The van der Waals surface area contributed by atoms with Gasteiger partial charge in [0.2, 0.25) is 0 Å². The van der Waals surface area contributed by atoms with Crippen LogP contribution in [0, 0.1) is 5.92 Å². The molecule has 3 heteroatoms. The van der Waals surface area contributed by atoms with Gasteiger partial charge in [0.25, 0.3) is 0 Å². The van der Waals surface area contributed by atoms with E-state index in [-0.39, 0.29) is 0 Å². The molecule has 0 aromatic heterocycles. The van der Waals surface area contributed by atoms with Crippen LogP contribution in [0.5, 0.6) is 0 Å². The van der Waals surface area contributed by atoms with Crippen molar-refractivity contribution in [3.8, 4) is 0 Å². The predicted octanol–water partition coefficient (Wildman–Crippen LogP) is 5.14. The highest BCUT2D eigenvalue weighted by Gasteiger charge is 2.29. The highest BCUT2D eigenvalue weighted by Crippen LogP contribution is 2.28. The van der Waals surface area contributed by atoms with Gasteiger partial charge in [-0.05, 0) is 45.6 Å². The molecule has 0 aromatic rings. The Morgan fingerprint density at radius 3 is 1.96 bits per heavy atom. The number of rotatable bonds is 9. The molecule has 0 spiro atoms. The van der Waals surface area contributed by atoms with Crippen molar-refractivity contribution >= 4 is 5.78 Å². The van der Waals surface area contributed by atoms with Crippen molar-refractivity contribution < 1.29 is 4.79 Å². The van der Waals surface area contributed by atoms with Crippen LogP contribution in [0.25, 0.3) is 0 Å². The average molecular weight is 353 g/mol. The molecule has 0 bridgehead atoms. The van der Waals surface area contributed by atoms with Gasteiger partial charge in [-0.25, -0.2) is 0 Å². The molecule has 148 valence electrons. The summed E-state index contributed by atoms with van der Waals surface area (Å²) in [6.45, 7) is 14.3. The van der Waals surface area contributed by atoms with Gasteiger partial charge < -0.3 is 4.90 Å². The molecule has 0 amide bonds. The molecule has 3 nitrogen and oxygen atoms in total. The lowest BCUT2D eigenvalue weighted by molar-refractivity contribution is -0.122. The summed E-state index contributed by atoms with van der Waals surface area (Å²) in [4.78, 5) is 16.9.